The van der Waals surface area contributed by atoms with Gasteiger partial charge in [0.05, 0.1) is 21.3 Å². The number of halogens is 2. The lowest BCUT2D eigenvalue weighted by molar-refractivity contribution is -0.625. The summed E-state index contributed by atoms with van der Waals surface area (Å²) in [5.41, 5.74) is 2.31. The molecule has 2 heterocycles. The number of H-pyrrole nitrogens is 1. The van der Waals surface area contributed by atoms with Gasteiger partial charge in [-0.05, 0) is 72.4 Å². The first-order valence-corrected chi connectivity index (χ1v) is 14.4. The highest BCUT2D eigenvalue weighted by Gasteiger charge is 2.24. The highest BCUT2D eigenvalue weighted by atomic mass is 35.5. The van der Waals surface area contributed by atoms with Gasteiger partial charge in [0, 0.05) is 5.69 Å². The SMILES string of the molecule is O=C(CSc1n[nH]c(-c2ccccc2)[n+]1-c1ccccc1)Nc1ccc(S(=O)(=O)Nc2ccc(Cl)nn2)cc1.[Cl-]. The van der Waals surface area contributed by atoms with Crippen LogP contribution in [0.4, 0.5) is 11.5 Å². The highest BCUT2D eigenvalue weighted by Crippen LogP contribution is 2.21. The summed E-state index contributed by atoms with van der Waals surface area (Å²) < 4.78 is 29.5. The number of sulfonamides is 1. The average molecular weight is 615 g/mol. The third kappa shape index (κ3) is 6.96. The molecule has 0 aliphatic rings. The van der Waals surface area contributed by atoms with Crippen LogP contribution in [-0.2, 0) is 14.8 Å². The third-order valence-electron chi connectivity index (χ3n) is 5.39. The Labute approximate surface area is 245 Å². The van der Waals surface area contributed by atoms with Gasteiger partial charge in [0.2, 0.25) is 5.91 Å². The minimum Gasteiger partial charge on any atom is -1.00 e. The number of amides is 1. The fraction of sp³-hybridized carbons (Fsp3) is 0.0385. The summed E-state index contributed by atoms with van der Waals surface area (Å²) in [6.07, 6.45) is 0. The van der Waals surface area contributed by atoms with E-state index in [1.807, 2.05) is 65.2 Å². The van der Waals surface area contributed by atoms with E-state index >= 15 is 0 Å². The van der Waals surface area contributed by atoms with Crippen molar-refractivity contribution >= 4 is 50.8 Å². The largest absolute Gasteiger partial charge is 1.00 e. The maximum atomic E-state index is 12.7. The molecule has 5 aromatic rings. The Morgan fingerprint density at radius 2 is 1.57 bits per heavy atom. The van der Waals surface area contributed by atoms with Crippen molar-refractivity contribution in [2.75, 3.05) is 15.8 Å². The van der Waals surface area contributed by atoms with Crippen LogP contribution in [-0.4, -0.2) is 40.5 Å². The van der Waals surface area contributed by atoms with E-state index in [-0.39, 0.29) is 39.9 Å². The van der Waals surface area contributed by atoms with E-state index in [2.05, 4.69) is 30.4 Å². The number of nitrogens with zero attached hydrogens (tertiary/aromatic N) is 4. The normalized spacial score (nSPS) is 10.9. The van der Waals surface area contributed by atoms with Gasteiger partial charge < -0.3 is 17.7 Å². The predicted octanol–water partition coefficient (Wildman–Crippen LogP) is 1.33. The number of aromatic amines is 1. The van der Waals surface area contributed by atoms with Crippen LogP contribution in [0.2, 0.25) is 5.15 Å². The summed E-state index contributed by atoms with van der Waals surface area (Å²) in [5, 5.41) is 18.4. The van der Waals surface area contributed by atoms with Gasteiger partial charge in [-0.3, -0.25) is 9.52 Å². The topological polar surface area (TPSA) is 134 Å². The molecule has 0 aliphatic heterocycles. The number of hydrogen-bond donors (Lipinski definition) is 3. The molecule has 204 valence electrons. The molecule has 2 aromatic heterocycles. The molecule has 0 saturated carbocycles. The average Bonchev–Trinajstić information content (AvgIpc) is 3.38. The summed E-state index contributed by atoms with van der Waals surface area (Å²) in [6, 6.07) is 28.2. The summed E-state index contributed by atoms with van der Waals surface area (Å²) in [4.78, 5) is 12.7. The highest BCUT2D eigenvalue weighted by molar-refractivity contribution is 7.99. The van der Waals surface area contributed by atoms with Crippen LogP contribution in [0, 0.1) is 0 Å². The lowest BCUT2D eigenvalue weighted by atomic mass is 10.2. The van der Waals surface area contributed by atoms with E-state index in [9.17, 15) is 13.2 Å². The first-order valence-electron chi connectivity index (χ1n) is 11.5. The quantitative estimate of drug-likeness (QED) is 0.169. The molecule has 0 atom stereocenters. The molecule has 3 aromatic carbocycles. The zero-order chi connectivity index (χ0) is 27.2. The molecule has 0 saturated heterocycles. The van der Waals surface area contributed by atoms with Crippen molar-refractivity contribution in [2.45, 2.75) is 10.1 Å². The van der Waals surface area contributed by atoms with Crippen molar-refractivity contribution in [1.29, 1.82) is 0 Å². The summed E-state index contributed by atoms with van der Waals surface area (Å²) in [5.74, 6) is 0.645. The van der Waals surface area contributed by atoms with Gasteiger partial charge >= 0.3 is 5.16 Å². The summed E-state index contributed by atoms with van der Waals surface area (Å²) in [7, 11) is -3.90. The molecule has 5 rings (SSSR count). The summed E-state index contributed by atoms with van der Waals surface area (Å²) >= 11 is 6.96. The zero-order valence-electron chi connectivity index (χ0n) is 20.5. The molecule has 10 nitrogen and oxygen atoms in total. The second kappa shape index (κ2) is 12.9. The maximum absolute atomic E-state index is 12.7. The molecule has 0 aliphatic carbocycles. The molecule has 0 spiro atoms. The molecular formula is C26H21Cl2N7O3S2. The number of benzene rings is 3. The standard InChI is InChI=1S/C26H20ClN7O3S2.ClH/c27-22-15-16-23(30-29-22)33-39(36,37)21-13-11-19(12-14-21)28-24(35)17-38-26-32-31-25(18-7-3-1-4-8-18)34(26)20-9-5-2-6-10-20;/h1-16H,17H2,(H2,28,30,33,35);1H. The van der Waals surface area contributed by atoms with E-state index in [4.69, 9.17) is 11.6 Å². The fourth-order valence-corrected chi connectivity index (χ4v) is 5.48. The van der Waals surface area contributed by atoms with Gasteiger partial charge in [-0.1, -0.05) is 48.0 Å². The lowest BCUT2D eigenvalue weighted by Gasteiger charge is -2.08. The van der Waals surface area contributed by atoms with Crippen molar-refractivity contribution in [3.8, 4) is 17.1 Å². The zero-order valence-corrected chi connectivity index (χ0v) is 23.7. The van der Waals surface area contributed by atoms with Crippen LogP contribution in [0.1, 0.15) is 0 Å². The van der Waals surface area contributed by atoms with Gasteiger partial charge in [0.25, 0.3) is 15.8 Å². The minimum atomic E-state index is -3.90. The van der Waals surface area contributed by atoms with E-state index in [0.29, 0.717) is 10.8 Å². The Morgan fingerprint density at radius 1 is 0.900 bits per heavy atom. The minimum absolute atomic E-state index is 0. The van der Waals surface area contributed by atoms with Crippen LogP contribution in [0.5, 0.6) is 0 Å². The van der Waals surface area contributed by atoms with Crippen molar-refractivity contribution in [3.05, 3.63) is 102 Å². The van der Waals surface area contributed by atoms with Crippen LogP contribution in [0.3, 0.4) is 0 Å². The molecule has 0 fully saturated rings. The van der Waals surface area contributed by atoms with E-state index in [1.54, 1.807) is 0 Å². The number of anilines is 2. The van der Waals surface area contributed by atoms with Crippen molar-refractivity contribution < 1.29 is 30.2 Å². The lowest BCUT2D eigenvalue weighted by Crippen LogP contribution is -3.00. The molecule has 3 N–H and O–H groups in total. The number of carbonyl (C=O) groups excluding carboxylic acids is 1. The Balaban J connectivity index is 0.00000370. The Hall–Kier alpha value is -3.97. The van der Waals surface area contributed by atoms with E-state index in [1.165, 1.54) is 48.2 Å². The van der Waals surface area contributed by atoms with E-state index < -0.39 is 10.0 Å². The first-order chi connectivity index (χ1) is 18.9. The van der Waals surface area contributed by atoms with Crippen molar-refractivity contribution in [1.82, 2.24) is 20.4 Å². The molecule has 14 heteroatoms. The van der Waals surface area contributed by atoms with Crippen molar-refractivity contribution in [2.24, 2.45) is 0 Å². The smallest absolute Gasteiger partial charge is 0.342 e. The van der Waals surface area contributed by atoms with Gasteiger partial charge in [0.1, 0.15) is 5.69 Å². The molecule has 40 heavy (non-hydrogen) atoms. The number of aromatic nitrogens is 5. The van der Waals surface area contributed by atoms with Gasteiger partial charge in [-0.2, -0.15) is 4.57 Å². The third-order valence-corrected chi connectivity index (χ3v) is 7.90. The van der Waals surface area contributed by atoms with Crippen LogP contribution in [0.25, 0.3) is 17.1 Å². The monoisotopic (exact) mass is 613 g/mol. The predicted molar refractivity (Wildman–Crippen MR) is 149 cm³/mol. The van der Waals surface area contributed by atoms with Crippen LogP contribution >= 0.6 is 23.4 Å². The van der Waals surface area contributed by atoms with Crippen molar-refractivity contribution in [3.63, 3.8) is 0 Å². The van der Waals surface area contributed by atoms with Crippen LogP contribution < -0.4 is 27.0 Å². The molecule has 1 amide bonds. The second-order valence-corrected chi connectivity index (χ2v) is 11.1. The van der Waals surface area contributed by atoms with Gasteiger partial charge in [-0.25, -0.2) is 8.42 Å². The number of hydrogen-bond acceptors (Lipinski definition) is 7. The van der Waals surface area contributed by atoms with Gasteiger partial charge in [-0.15, -0.1) is 15.3 Å². The number of nitrogens with one attached hydrogen (secondary N) is 3. The molecular weight excluding hydrogens is 593 g/mol. The summed E-state index contributed by atoms with van der Waals surface area (Å²) in [6.45, 7) is 0. The number of carbonyl (C=O) groups is 1. The second-order valence-electron chi connectivity index (χ2n) is 8.10. The number of rotatable bonds is 9. The molecule has 0 radical (unpaired) electrons. The van der Waals surface area contributed by atoms with E-state index in [0.717, 1.165) is 17.1 Å². The number of para-hydroxylation sites is 1. The maximum Gasteiger partial charge on any atom is 0.342 e. The number of thioether (sulfide) groups is 1. The van der Waals surface area contributed by atoms with Gasteiger partial charge in [0.15, 0.2) is 11.0 Å². The Morgan fingerprint density at radius 3 is 2.23 bits per heavy atom. The Kier molecular flexibility index (Phi) is 9.38. The first kappa shape index (κ1) is 29.0. The fourth-order valence-electron chi connectivity index (χ4n) is 3.61. The Bertz CT molecular complexity index is 1690. The molecule has 0 unspecified atom stereocenters. The van der Waals surface area contributed by atoms with Crippen LogP contribution in [0.15, 0.2) is 107 Å². The molecule has 0 bridgehead atoms.